The first-order chi connectivity index (χ1) is 17.8. The second kappa shape index (κ2) is 13.0. The summed E-state index contributed by atoms with van der Waals surface area (Å²) >= 11 is 0. The van der Waals surface area contributed by atoms with E-state index in [-0.39, 0.29) is 46.2 Å². The highest BCUT2D eigenvalue weighted by atomic mass is 32.2. The molecule has 0 spiro atoms. The molecule has 0 bridgehead atoms. The van der Waals surface area contributed by atoms with Gasteiger partial charge in [-0.15, -0.1) is 6.58 Å². The molecule has 6 nitrogen and oxygen atoms in total. The standard InChI is InChI=1S/C30H54O6SSi2/c1-13-17-26-25(22-37(31,32)24-18-15-14-16-19-24)28(33-8)27(35-26)20-23(36-39(11,12)30(5,6)7)21-34-38(9,10)29(2,3)4/h13-16,18-19,23,25-28H,1,17,20-22H2,2-12H3/t23-,25-,26-,27?,28+/m0/s1. The summed E-state index contributed by atoms with van der Waals surface area (Å²) in [4.78, 5) is 0.322. The summed E-state index contributed by atoms with van der Waals surface area (Å²) in [6.07, 6.45) is 1.75. The van der Waals surface area contributed by atoms with Crippen LogP contribution in [0, 0.1) is 5.92 Å². The van der Waals surface area contributed by atoms with Crippen molar-refractivity contribution in [2.24, 2.45) is 5.92 Å². The van der Waals surface area contributed by atoms with Crippen molar-refractivity contribution in [3.05, 3.63) is 43.0 Å². The van der Waals surface area contributed by atoms with Gasteiger partial charge in [-0.05, 0) is 54.8 Å². The average Bonchev–Trinajstić information content (AvgIpc) is 3.11. The minimum atomic E-state index is -3.52. The average molecular weight is 599 g/mol. The predicted molar refractivity (Wildman–Crippen MR) is 166 cm³/mol. The first kappa shape index (κ1) is 34.4. The fraction of sp³-hybridized carbons (Fsp3) is 0.733. The molecule has 1 aromatic carbocycles. The molecule has 9 heteroatoms. The summed E-state index contributed by atoms with van der Waals surface area (Å²) < 4.78 is 52.9. The molecule has 0 radical (unpaired) electrons. The highest BCUT2D eigenvalue weighted by molar-refractivity contribution is 7.91. The third-order valence-electron chi connectivity index (χ3n) is 9.00. The monoisotopic (exact) mass is 598 g/mol. The van der Waals surface area contributed by atoms with Gasteiger partial charge in [0.15, 0.2) is 26.5 Å². The van der Waals surface area contributed by atoms with Crippen molar-refractivity contribution in [1.29, 1.82) is 0 Å². The second-order valence-electron chi connectivity index (χ2n) is 14.0. The summed E-state index contributed by atoms with van der Waals surface area (Å²) in [6, 6.07) is 8.62. The summed E-state index contributed by atoms with van der Waals surface area (Å²) in [5, 5.41) is 0.122. The number of hydrogen-bond acceptors (Lipinski definition) is 6. The van der Waals surface area contributed by atoms with Crippen LogP contribution in [0.2, 0.25) is 36.3 Å². The van der Waals surface area contributed by atoms with Gasteiger partial charge in [0.2, 0.25) is 0 Å². The van der Waals surface area contributed by atoms with Gasteiger partial charge in [0.05, 0.1) is 41.7 Å². The van der Waals surface area contributed by atoms with Crippen LogP contribution in [-0.2, 0) is 28.2 Å². The van der Waals surface area contributed by atoms with E-state index in [2.05, 4.69) is 74.3 Å². The molecule has 1 saturated heterocycles. The van der Waals surface area contributed by atoms with E-state index in [9.17, 15) is 8.42 Å². The molecule has 1 aliphatic rings. The number of rotatable bonds is 13. The van der Waals surface area contributed by atoms with E-state index in [1.807, 2.05) is 6.07 Å². The molecule has 1 unspecified atom stereocenters. The fourth-order valence-corrected chi connectivity index (χ4v) is 8.56. The van der Waals surface area contributed by atoms with Crippen LogP contribution >= 0.6 is 0 Å². The molecule has 1 heterocycles. The Morgan fingerprint density at radius 1 is 0.974 bits per heavy atom. The Morgan fingerprint density at radius 2 is 1.54 bits per heavy atom. The predicted octanol–water partition coefficient (Wildman–Crippen LogP) is 7.24. The quantitative estimate of drug-likeness (QED) is 0.176. The van der Waals surface area contributed by atoms with Crippen molar-refractivity contribution in [2.75, 3.05) is 19.5 Å². The summed E-state index contributed by atoms with van der Waals surface area (Å²) in [6.45, 7) is 26.8. The molecule has 0 saturated carbocycles. The van der Waals surface area contributed by atoms with Crippen molar-refractivity contribution in [3.8, 4) is 0 Å². The Kier molecular flexibility index (Phi) is 11.5. The molecule has 224 valence electrons. The highest BCUT2D eigenvalue weighted by Crippen LogP contribution is 2.41. The van der Waals surface area contributed by atoms with Crippen LogP contribution in [0.3, 0.4) is 0 Å². The minimum Gasteiger partial charge on any atom is -0.414 e. The Balaban J connectivity index is 2.35. The molecule has 2 rings (SSSR count). The van der Waals surface area contributed by atoms with Gasteiger partial charge in [-0.2, -0.15) is 0 Å². The van der Waals surface area contributed by atoms with Gasteiger partial charge in [0.25, 0.3) is 0 Å². The number of hydrogen-bond donors (Lipinski definition) is 0. The van der Waals surface area contributed by atoms with Crippen molar-refractivity contribution in [2.45, 2.75) is 120 Å². The fourth-order valence-electron chi connectivity index (χ4n) is 4.50. The Bertz CT molecular complexity index is 1030. The zero-order valence-electron chi connectivity index (χ0n) is 26.2. The largest absolute Gasteiger partial charge is 0.414 e. The third-order valence-corrected chi connectivity index (χ3v) is 19.8. The van der Waals surface area contributed by atoms with Gasteiger partial charge in [0.1, 0.15) is 0 Å². The van der Waals surface area contributed by atoms with E-state index < -0.39 is 26.5 Å². The lowest BCUT2D eigenvalue weighted by molar-refractivity contribution is -0.0357. The summed E-state index contributed by atoms with van der Waals surface area (Å²) in [5.41, 5.74) is 0. The molecule has 0 aromatic heterocycles. The molecule has 0 aliphatic carbocycles. The molecule has 0 N–H and O–H groups in total. The van der Waals surface area contributed by atoms with Crippen molar-refractivity contribution in [3.63, 3.8) is 0 Å². The maximum atomic E-state index is 13.4. The number of sulfone groups is 1. The van der Waals surface area contributed by atoms with E-state index in [0.717, 1.165) is 0 Å². The maximum Gasteiger partial charge on any atom is 0.192 e. The Morgan fingerprint density at radius 3 is 2.03 bits per heavy atom. The molecular weight excluding hydrogens is 545 g/mol. The van der Waals surface area contributed by atoms with Crippen molar-refractivity contribution in [1.82, 2.24) is 0 Å². The molecule has 1 aromatic rings. The van der Waals surface area contributed by atoms with Crippen LogP contribution in [0.15, 0.2) is 47.9 Å². The van der Waals surface area contributed by atoms with E-state index in [1.54, 1.807) is 37.5 Å². The van der Waals surface area contributed by atoms with Gasteiger partial charge in [-0.3, -0.25) is 0 Å². The lowest BCUT2D eigenvalue weighted by Gasteiger charge is -2.42. The van der Waals surface area contributed by atoms with Crippen LogP contribution in [0.1, 0.15) is 54.4 Å². The van der Waals surface area contributed by atoms with E-state index in [0.29, 0.717) is 24.3 Å². The minimum absolute atomic E-state index is 0.0388. The van der Waals surface area contributed by atoms with Gasteiger partial charge in [-0.25, -0.2) is 8.42 Å². The molecule has 1 fully saturated rings. The van der Waals surface area contributed by atoms with Gasteiger partial charge in [0, 0.05) is 19.4 Å². The van der Waals surface area contributed by atoms with Crippen LogP contribution in [-0.4, -0.2) is 68.9 Å². The van der Waals surface area contributed by atoms with Crippen LogP contribution in [0.5, 0.6) is 0 Å². The zero-order valence-corrected chi connectivity index (χ0v) is 29.1. The lowest BCUT2D eigenvalue weighted by Crippen LogP contribution is -2.49. The van der Waals surface area contributed by atoms with Gasteiger partial charge >= 0.3 is 0 Å². The summed E-state index contributed by atoms with van der Waals surface area (Å²) in [7, 11) is -6.00. The van der Waals surface area contributed by atoms with E-state index in [4.69, 9.17) is 18.3 Å². The number of benzene rings is 1. The molecule has 39 heavy (non-hydrogen) atoms. The maximum absolute atomic E-state index is 13.4. The van der Waals surface area contributed by atoms with E-state index in [1.165, 1.54) is 0 Å². The molecule has 0 amide bonds. The van der Waals surface area contributed by atoms with Crippen molar-refractivity contribution >= 4 is 26.5 Å². The van der Waals surface area contributed by atoms with Crippen LogP contribution in [0.25, 0.3) is 0 Å². The Labute approximate surface area is 241 Å². The van der Waals surface area contributed by atoms with Crippen LogP contribution < -0.4 is 0 Å². The van der Waals surface area contributed by atoms with Crippen LogP contribution in [0.4, 0.5) is 0 Å². The second-order valence-corrected chi connectivity index (χ2v) is 25.6. The molecular formula is C30H54O6SSi2. The lowest BCUT2D eigenvalue weighted by atomic mass is 9.94. The first-order valence-electron chi connectivity index (χ1n) is 14.1. The zero-order chi connectivity index (χ0) is 29.9. The number of ether oxygens (including phenoxy) is 2. The molecule has 1 aliphatic heterocycles. The number of methoxy groups -OCH3 is 1. The normalized spacial score (nSPS) is 24.1. The first-order valence-corrected chi connectivity index (χ1v) is 21.6. The Hall–Kier alpha value is -0.816. The topological polar surface area (TPSA) is 71.1 Å². The highest BCUT2D eigenvalue weighted by Gasteiger charge is 2.48. The smallest absolute Gasteiger partial charge is 0.192 e. The van der Waals surface area contributed by atoms with E-state index >= 15 is 0 Å². The van der Waals surface area contributed by atoms with Gasteiger partial charge in [-0.1, -0.05) is 65.8 Å². The third kappa shape index (κ3) is 8.83. The summed E-state index contributed by atoms with van der Waals surface area (Å²) in [5.74, 6) is -0.364. The SMILES string of the molecule is C=CC[C@@H]1OC(C[C@@H](CO[Si](C)(C)C(C)(C)C)O[Si](C)(C)C(C)(C)C)[C@H](OC)[C@H]1CS(=O)(=O)c1ccccc1. The molecule has 5 atom stereocenters. The van der Waals surface area contributed by atoms with Gasteiger partial charge < -0.3 is 18.3 Å². The van der Waals surface area contributed by atoms with Crippen molar-refractivity contribution < 1.29 is 26.7 Å².